The average molecular weight is 487 g/mol. The SMILES string of the molecule is Cc1cnc2ccc(CN3CCCC3)cc2c1.O=C1CCC(N2Cc3cc(O)ccc3C2=O)C(=O)N1. The second-order valence-electron chi connectivity index (χ2n) is 9.76. The number of fused-ring (bicyclic) bond motifs is 2. The predicted octanol–water partition coefficient (Wildman–Crippen LogP) is 3.29. The molecule has 0 aliphatic carbocycles. The lowest BCUT2D eigenvalue weighted by atomic mass is 10.0. The van der Waals surface area contributed by atoms with Gasteiger partial charge in [-0.1, -0.05) is 6.07 Å². The molecule has 2 saturated heterocycles. The number of imide groups is 1. The maximum absolute atomic E-state index is 12.2. The summed E-state index contributed by atoms with van der Waals surface area (Å²) in [6.45, 7) is 5.98. The Morgan fingerprint density at radius 1 is 1.06 bits per heavy atom. The molecule has 1 unspecified atom stereocenters. The molecule has 1 atom stereocenters. The van der Waals surface area contributed by atoms with Crippen molar-refractivity contribution in [3.8, 4) is 5.75 Å². The van der Waals surface area contributed by atoms with E-state index >= 15 is 0 Å². The van der Waals surface area contributed by atoms with E-state index in [0.717, 1.165) is 12.1 Å². The maximum Gasteiger partial charge on any atom is 0.255 e. The van der Waals surface area contributed by atoms with Crippen molar-refractivity contribution in [2.75, 3.05) is 13.1 Å². The lowest BCUT2D eigenvalue weighted by Gasteiger charge is -2.29. The van der Waals surface area contributed by atoms with Crippen LogP contribution >= 0.6 is 0 Å². The lowest BCUT2D eigenvalue weighted by Crippen LogP contribution is -2.52. The molecule has 6 rings (SSSR count). The summed E-state index contributed by atoms with van der Waals surface area (Å²) in [5.41, 5.74) is 4.94. The van der Waals surface area contributed by atoms with Crippen LogP contribution in [0.15, 0.2) is 48.7 Å². The van der Waals surface area contributed by atoms with Gasteiger partial charge in [0, 0.05) is 36.7 Å². The number of aryl methyl sites for hydroxylation is 1. The quantitative estimate of drug-likeness (QED) is 0.551. The van der Waals surface area contributed by atoms with Crippen LogP contribution in [0.5, 0.6) is 5.75 Å². The Bertz CT molecular complexity index is 1330. The Hall–Kier alpha value is -3.78. The number of phenols is 1. The van der Waals surface area contributed by atoms with Crippen molar-refractivity contribution in [1.29, 1.82) is 0 Å². The minimum Gasteiger partial charge on any atom is -0.508 e. The smallest absolute Gasteiger partial charge is 0.255 e. The zero-order chi connectivity index (χ0) is 25.2. The van der Waals surface area contributed by atoms with Gasteiger partial charge in [0.15, 0.2) is 0 Å². The first-order valence-corrected chi connectivity index (χ1v) is 12.4. The minimum atomic E-state index is -0.611. The molecule has 8 heteroatoms. The molecule has 36 heavy (non-hydrogen) atoms. The first-order valence-electron chi connectivity index (χ1n) is 12.4. The van der Waals surface area contributed by atoms with Gasteiger partial charge in [-0.2, -0.15) is 0 Å². The number of carbonyl (C=O) groups is 3. The largest absolute Gasteiger partial charge is 0.508 e. The minimum absolute atomic E-state index is 0.0941. The van der Waals surface area contributed by atoms with Crippen LogP contribution < -0.4 is 5.32 Å². The molecular formula is C28H30N4O4. The van der Waals surface area contributed by atoms with Crippen molar-refractivity contribution >= 4 is 28.6 Å². The van der Waals surface area contributed by atoms with E-state index in [-0.39, 0.29) is 30.5 Å². The topological polar surface area (TPSA) is 103 Å². The molecule has 0 radical (unpaired) electrons. The summed E-state index contributed by atoms with van der Waals surface area (Å²) in [5, 5.41) is 12.9. The molecule has 2 N–H and O–H groups in total. The third-order valence-electron chi connectivity index (χ3n) is 6.99. The van der Waals surface area contributed by atoms with Crippen LogP contribution in [-0.2, 0) is 22.7 Å². The number of benzene rings is 2. The van der Waals surface area contributed by atoms with E-state index in [4.69, 9.17) is 0 Å². The molecule has 3 amide bonds. The van der Waals surface area contributed by atoms with Crippen LogP contribution in [0.2, 0.25) is 0 Å². The van der Waals surface area contributed by atoms with Gasteiger partial charge in [0.25, 0.3) is 5.91 Å². The van der Waals surface area contributed by atoms with Crippen LogP contribution in [0.4, 0.5) is 0 Å². The molecular weight excluding hydrogens is 456 g/mol. The van der Waals surface area contributed by atoms with Gasteiger partial charge in [0.2, 0.25) is 11.8 Å². The van der Waals surface area contributed by atoms with E-state index in [1.54, 1.807) is 6.07 Å². The highest BCUT2D eigenvalue weighted by atomic mass is 16.3. The van der Waals surface area contributed by atoms with Crippen LogP contribution in [0, 0.1) is 6.92 Å². The molecule has 0 spiro atoms. The van der Waals surface area contributed by atoms with E-state index in [2.05, 4.69) is 46.4 Å². The first-order chi connectivity index (χ1) is 17.4. The summed E-state index contributed by atoms with van der Waals surface area (Å²) in [6, 6.07) is 12.8. The van der Waals surface area contributed by atoms with Crippen molar-refractivity contribution in [2.45, 2.75) is 51.7 Å². The molecule has 1 aromatic heterocycles. The number of amides is 3. The number of aromatic nitrogens is 1. The van der Waals surface area contributed by atoms with Gasteiger partial charge in [-0.25, -0.2) is 0 Å². The highest BCUT2D eigenvalue weighted by molar-refractivity contribution is 6.05. The van der Waals surface area contributed by atoms with Crippen molar-refractivity contribution in [3.63, 3.8) is 0 Å². The molecule has 186 valence electrons. The van der Waals surface area contributed by atoms with Crippen LogP contribution in [0.25, 0.3) is 10.9 Å². The third-order valence-corrected chi connectivity index (χ3v) is 6.99. The molecule has 3 aromatic rings. The zero-order valence-corrected chi connectivity index (χ0v) is 20.4. The van der Waals surface area contributed by atoms with Gasteiger partial charge in [-0.05, 0) is 92.4 Å². The normalized spacial score (nSPS) is 19.8. The van der Waals surface area contributed by atoms with Gasteiger partial charge in [-0.15, -0.1) is 0 Å². The number of pyridine rings is 1. The Morgan fingerprint density at radius 2 is 1.86 bits per heavy atom. The van der Waals surface area contributed by atoms with Gasteiger partial charge >= 0.3 is 0 Å². The first kappa shape index (κ1) is 23.9. The second kappa shape index (κ2) is 10.1. The summed E-state index contributed by atoms with van der Waals surface area (Å²) in [5.74, 6) is -0.870. The standard InChI is InChI=1S/C15H18N2.C13H12N2O4/c1-12-8-14-9-13(4-5-15(14)16-10-12)11-17-6-2-3-7-17;16-8-1-2-9-7(5-8)6-15(13(9)19)10-3-4-11(17)14-12(10)18/h4-5,8-10H,2-3,6-7,11H2,1H3;1-2,5,10,16H,3-4,6H2,(H,14,17,18). The molecule has 3 aliphatic heterocycles. The second-order valence-corrected chi connectivity index (χ2v) is 9.76. The Morgan fingerprint density at radius 3 is 2.64 bits per heavy atom. The molecule has 8 nitrogen and oxygen atoms in total. The number of piperidine rings is 1. The molecule has 2 fully saturated rings. The van der Waals surface area contributed by atoms with E-state index in [9.17, 15) is 19.5 Å². The van der Waals surface area contributed by atoms with Crippen LogP contribution in [-0.4, -0.2) is 56.7 Å². The van der Waals surface area contributed by atoms with E-state index in [1.807, 2.05) is 6.20 Å². The van der Waals surface area contributed by atoms with Gasteiger partial charge < -0.3 is 10.0 Å². The fraction of sp³-hybridized carbons (Fsp3) is 0.357. The number of nitrogens with zero attached hydrogens (tertiary/aromatic N) is 3. The molecule has 3 aliphatic rings. The van der Waals surface area contributed by atoms with E-state index in [0.29, 0.717) is 17.5 Å². The zero-order valence-electron chi connectivity index (χ0n) is 20.4. The summed E-state index contributed by atoms with van der Waals surface area (Å²) < 4.78 is 0. The Balaban J connectivity index is 0.000000149. The average Bonchev–Trinajstić information content (AvgIpc) is 3.47. The number of rotatable bonds is 3. The van der Waals surface area contributed by atoms with Crippen molar-refractivity contribution < 1.29 is 19.5 Å². The lowest BCUT2D eigenvalue weighted by molar-refractivity contribution is -0.136. The monoisotopic (exact) mass is 486 g/mol. The third kappa shape index (κ3) is 5.09. The van der Waals surface area contributed by atoms with Crippen LogP contribution in [0.3, 0.4) is 0 Å². The summed E-state index contributed by atoms with van der Waals surface area (Å²) in [4.78, 5) is 43.5. The maximum atomic E-state index is 12.2. The molecule has 0 bridgehead atoms. The van der Waals surface area contributed by atoms with Gasteiger partial charge in [-0.3, -0.25) is 29.6 Å². The molecule has 4 heterocycles. The Labute approximate surface area is 209 Å². The molecule has 2 aromatic carbocycles. The summed E-state index contributed by atoms with van der Waals surface area (Å²) in [7, 11) is 0. The number of hydrogen-bond acceptors (Lipinski definition) is 6. The van der Waals surface area contributed by atoms with Crippen molar-refractivity contribution in [1.82, 2.24) is 20.1 Å². The number of likely N-dealkylation sites (tertiary alicyclic amines) is 1. The number of nitrogens with one attached hydrogen (secondary N) is 1. The number of carbonyl (C=O) groups excluding carboxylic acids is 3. The highest BCUT2D eigenvalue weighted by Crippen LogP contribution is 2.29. The van der Waals surface area contributed by atoms with E-state index in [1.165, 1.54) is 59.5 Å². The van der Waals surface area contributed by atoms with Crippen molar-refractivity contribution in [3.05, 3.63) is 70.9 Å². The highest BCUT2D eigenvalue weighted by Gasteiger charge is 2.39. The van der Waals surface area contributed by atoms with Gasteiger partial charge in [0.05, 0.1) is 5.52 Å². The number of hydrogen-bond donors (Lipinski definition) is 2. The molecule has 0 saturated carbocycles. The van der Waals surface area contributed by atoms with E-state index < -0.39 is 11.9 Å². The summed E-state index contributed by atoms with van der Waals surface area (Å²) in [6.07, 6.45) is 5.23. The fourth-order valence-electron chi connectivity index (χ4n) is 5.15. The summed E-state index contributed by atoms with van der Waals surface area (Å²) >= 11 is 0. The number of aromatic hydroxyl groups is 1. The Kier molecular flexibility index (Phi) is 6.69. The predicted molar refractivity (Wildman–Crippen MR) is 135 cm³/mol. The van der Waals surface area contributed by atoms with Crippen LogP contribution in [0.1, 0.15) is 52.7 Å². The number of phenolic OH excluding ortho intramolecular Hbond substituents is 1. The van der Waals surface area contributed by atoms with Gasteiger partial charge in [0.1, 0.15) is 11.8 Å². The van der Waals surface area contributed by atoms with Crippen molar-refractivity contribution in [2.24, 2.45) is 0 Å². The fourth-order valence-corrected chi connectivity index (χ4v) is 5.15.